The van der Waals surface area contributed by atoms with Crippen LogP contribution >= 0.6 is 22.9 Å². The van der Waals surface area contributed by atoms with Gasteiger partial charge in [-0.2, -0.15) is 0 Å². The number of aryl methyl sites for hydroxylation is 1. The van der Waals surface area contributed by atoms with Gasteiger partial charge in [0.1, 0.15) is 11.5 Å². The van der Waals surface area contributed by atoms with Crippen molar-refractivity contribution in [2.45, 2.75) is 13.5 Å². The van der Waals surface area contributed by atoms with Crippen molar-refractivity contribution in [3.63, 3.8) is 0 Å². The maximum atomic E-state index is 6.11. The molecule has 3 aromatic rings. The van der Waals surface area contributed by atoms with E-state index in [1.165, 1.54) is 0 Å². The number of rotatable bonds is 4. The predicted octanol–water partition coefficient (Wildman–Crippen LogP) is 4.98. The Kier molecular flexibility index (Phi) is 3.76. The van der Waals surface area contributed by atoms with Crippen LogP contribution < -0.4 is 5.32 Å². The van der Waals surface area contributed by atoms with Gasteiger partial charge in [-0.1, -0.05) is 29.8 Å². The number of oxazole rings is 1. The molecule has 1 aromatic carbocycles. The van der Waals surface area contributed by atoms with Crippen LogP contribution in [0.15, 0.2) is 46.2 Å². The Balaban J connectivity index is 1.77. The Hall–Kier alpha value is -1.78. The fraction of sp³-hybridized carbons (Fsp3) is 0.133. The number of benzene rings is 1. The average Bonchev–Trinajstić information content (AvgIpc) is 3.07. The summed E-state index contributed by atoms with van der Waals surface area (Å²) in [7, 11) is 0. The average molecular weight is 305 g/mol. The maximum absolute atomic E-state index is 6.11. The Morgan fingerprint density at radius 3 is 2.85 bits per heavy atom. The van der Waals surface area contributed by atoms with Crippen LogP contribution in [0.2, 0.25) is 5.02 Å². The van der Waals surface area contributed by atoms with Crippen LogP contribution in [0.4, 0.5) is 5.69 Å². The smallest absolute Gasteiger partial charge is 0.236 e. The van der Waals surface area contributed by atoms with E-state index in [4.69, 9.17) is 16.0 Å². The molecular weight excluding hydrogens is 292 g/mol. The number of nitrogens with one attached hydrogen (secondary N) is 1. The van der Waals surface area contributed by atoms with Crippen molar-refractivity contribution in [3.8, 4) is 10.8 Å². The number of aromatic nitrogens is 1. The van der Waals surface area contributed by atoms with Crippen LogP contribution in [0.5, 0.6) is 0 Å². The molecule has 102 valence electrons. The predicted molar refractivity (Wildman–Crippen MR) is 83.3 cm³/mol. The van der Waals surface area contributed by atoms with Crippen molar-refractivity contribution >= 4 is 28.6 Å². The molecule has 20 heavy (non-hydrogen) atoms. The summed E-state index contributed by atoms with van der Waals surface area (Å²) in [6.45, 7) is 2.51. The highest BCUT2D eigenvalue weighted by molar-refractivity contribution is 7.13. The van der Waals surface area contributed by atoms with Crippen LogP contribution in [-0.2, 0) is 6.54 Å². The normalized spacial score (nSPS) is 10.7. The zero-order valence-electron chi connectivity index (χ0n) is 10.9. The molecule has 0 unspecified atom stereocenters. The van der Waals surface area contributed by atoms with E-state index in [1.54, 1.807) is 11.3 Å². The molecule has 0 aliphatic carbocycles. The lowest BCUT2D eigenvalue weighted by Gasteiger charge is -2.06. The summed E-state index contributed by atoms with van der Waals surface area (Å²) < 4.78 is 5.70. The van der Waals surface area contributed by atoms with E-state index in [9.17, 15) is 0 Å². The van der Waals surface area contributed by atoms with Gasteiger partial charge in [-0.25, -0.2) is 4.98 Å². The third-order valence-corrected chi connectivity index (χ3v) is 4.13. The molecule has 0 amide bonds. The molecule has 0 aliphatic heterocycles. The number of anilines is 1. The van der Waals surface area contributed by atoms with Crippen molar-refractivity contribution in [2.75, 3.05) is 5.32 Å². The molecule has 0 spiro atoms. The molecule has 1 N–H and O–H groups in total. The Morgan fingerprint density at radius 1 is 1.25 bits per heavy atom. The monoisotopic (exact) mass is 304 g/mol. The summed E-state index contributed by atoms with van der Waals surface area (Å²) in [4.78, 5) is 5.57. The van der Waals surface area contributed by atoms with E-state index >= 15 is 0 Å². The third kappa shape index (κ3) is 2.71. The minimum atomic E-state index is 0.588. The van der Waals surface area contributed by atoms with Crippen molar-refractivity contribution in [1.29, 1.82) is 0 Å². The molecule has 0 radical (unpaired) electrons. The lowest BCUT2D eigenvalue weighted by Crippen LogP contribution is -2.01. The van der Waals surface area contributed by atoms with Crippen molar-refractivity contribution < 1.29 is 4.42 Å². The summed E-state index contributed by atoms with van der Waals surface area (Å²) in [6.07, 6.45) is 0. The fourth-order valence-electron chi connectivity index (χ4n) is 1.88. The van der Waals surface area contributed by atoms with Crippen LogP contribution in [0, 0.1) is 6.92 Å². The Morgan fingerprint density at radius 2 is 2.10 bits per heavy atom. The quantitative estimate of drug-likeness (QED) is 0.739. The first kappa shape index (κ1) is 13.2. The lowest BCUT2D eigenvalue weighted by atomic mass is 10.3. The molecule has 2 aromatic heterocycles. The van der Waals surface area contributed by atoms with Gasteiger partial charge in [0.05, 0.1) is 22.1 Å². The molecule has 0 saturated heterocycles. The molecule has 0 bridgehead atoms. The summed E-state index contributed by atoms with van der Waals surface area (Å²) >= 11 is 7.73. The number of para-hydroxylation sites is 1. The van der Waals surface area contributed by atoms with Crippen molar-refractivity contribution in [2.24, 2.45) is 0 Å². The van der Waals surface area contributed by atoms with Crippen molar-refractivity contribution in [3.05, 3.63) is 58.3 Å². The molecule has 0 aliphatic rings. The van der Waals surface area contributed by atoms with Gasteiger partial charge in [-0.15, -0.1) is 11.3 Å². The first-order chi connectivity index (χ1) is 9.74. The highest BCUT2D eigenvalue weighted by Gasteiger charge is 2.12. The van der Waals surface area contributed by atoms with E-state index in [1.807, 2.05) is 48.7 Å². The van der Waals surface area contributed by atoms with Crippen LogP contribution in [0.25, 0.3) is 10.8 Å². The standard InChI is InChI=1S/C15H13ClN2OS/c1-10-13(9-17-12-6-3-2-5-11(12)16)18-15(19-10)14-7-4-8-20-14/h2-8,17H,9H2,1H3. The van der Waals surface area contributed by atoms with Gasteiger partial charge < -0.3 is 9.73 Å². The second-order valence-electron chi connectivity index (χ2n) is 4.33. The molecular formula is C15H13ClN2OS. The highest BCUT2D eigenvalue weighted by Crippen LogP contribution is 2.27. The summed E-state index contributed by atoms with van der Waals surface area (Å²) in [5, 5.41) is 5.99. The van der Waals surface area contributed by atoms with Crippen LogP contribution in [0.3, 0.4) is 0 Å². The molecule has 2 heterocycles. The zero-order chi connectivity index (χ0) is 13.9. The topological polar surface area (TPSA) is 38.1 Å². The molecule has 5 heteroatoms. The SMILES string of the molecule is Cc1oc(-c2cccs2)nc1CNc1ccccc1Cl. The molecule has 3 rings (SSSR count). The van der Waals surface area contributed by atoms with Gasteiger partial charge in [-0.05, 0) is 30.5 Å². The minimum Gasteiger partial charge on any atom is -0.440 e. The third-order valence-electron chi connectivity index (χ3n) is 2.94. The van der Waals surface area contributed by atoms with E-state index in [2.05, 4.69) is 10.3 Å². The number of nitrogens with zero attached hydrogens (tertiary/aromatic N) is 1. The van der Waals surface area contributed by atoms with Gasteiger partial charge in [0.2, 0.25) is 5.89 Å². The molecule has 3 nitrogen and oxygen atoms in total. The van der Waals surface area contributed by atoms with Gasteiger partial charge in [0.15, 0.2) is 0 Å². The maximum Gasteiger partial charge on any atom is 0.236 e. The van der Waals surface area contributed by atoms with Crippen molar-refractivity contribution in [1.82, 2.24) is 4.98 Å². The van der Waals surface area contributed by atoms with E-state index < -0.39 is 0 Å². The Labute approximate surface area is 126 Å². The number of thiophene rings is 1. The largest absolute Gasteiger partial charge is 0.440 e. The van der Waals surface area contributed by atoms with E-state index in [0.717, 1.165) is 22.0 Å². The van der Waals surface area contributed by atoms with Crippen LogP contribution in [0.1, 0.15) is 11.5 Å². The zero-order valence-corrected chi connectivity index (χ0v) is 12.5. The van der Waals surface area contributed by atoms with Crippen LogP contribution in [-0.4, -0.2) is 4.98 Å². The first-order valence-corrected chi connectivity index (χ1v) is 7.48. The summed E-state index contributed by atoms with van der Waals surface area (Å²) in [5.74, 6) is 1.50. The minimum absolute atomic E-state index is 0.588. The number of hydrogen-bond donors (Lipinski definition) is 1. The van der Waals surface area contributed by atoms with E-state index in [-0.39, 0.29) is 0 Å². The lowest BCUT2D eigenvalue weighted by molar-refractivity contribution is 0.541. The molecule has 0 saturated carbocycles. The molecule has 0 atom stereocenters. The summed E-state index contributed by atoms with van der Waals surface area (Å²) in [6, 6.07) is 11.6. The number of hydrogen-bond acceptors (Lipinski definition) is 4. The second-order valence-corrected chi connectivity index (χ2v) is 5.69. The van der Waals surface area contributed by atoms with Gasteiger partial charge >= 0.3 is 0 Å². The summed E-state index contributed by atoms with van der Waals surface area (Å²) in [5.41, 5.74) is 1.79. The Bertz CT molecular complexity index is 706. The first-order valence-electron chi connectivity index (χ1n) is 6.22. The second kappa shape index (κ2) is 5.69. The molecule has 0 fully saturated rings. The fourth-order valence-corrected chi connectivity index (χ4v) is 2.73. The number of halogens is 1. The van der Waals surface area contributed by atoms with E-state index in [0.29, 0.717) is 17.5 Å². The van der Waals surface area contributed by atoms with Gasteiger partial charge in [0.25, 0.3) is 0 Å². The van der Waals surface area contributed by atoms with Gasteiger partial charge in [-0.3, -0.25) is 0 Å². The highest BCUT2D eigenvalue weighted by atomic mass is 35.5. The van der Waals surface area contributed by atoms with Gasteiger partial charge in [0, 0.05) is 0 Å².